The Kier molecular flexibility index (Phi) is 2.59. The lowest BCUT2D eigenvalue weighted by molar-refractivity contribution is 0.869. The molecule has 0 aliphatic carbocycles. The molecule has 90 valence electrons. The quantitative estimate of drug-likeness (QED) is 0.493. The average molecular weight is 234 g/mol. The van der Waals surface area contributed by atoms with Crippen LogP contribution in [-0.4, -0.2) is 0 Å². The van der Waals surface area contributed by atoms with E-state index in [0.717, 1.165) is 0 Å². The first-order valence-electron chi connectivity index (χ1n) is 6.57. The first-order chi connectivity index (χ1) is 8.63. The fourth-order valence-electron chi connectivity index (χ4n) is 2.49. The molecule has 0 heteroatoms. The molecule has 0 aliphatic rings. The first-order valence-corrected chi connectivity index (χ1v) is 6.57. The number of hydrogen-bond donors (Lipinski definition) is 0. The summed E-state index contributed by atoms with van der Waals surface area (Å²) in [5.74, 6) is 0.586. The van der Waals surface area contributed by atoms with Crippen LogP contribution in [0.1, 0.15) is 30.9 Å². The average Bonchev–Trinajstić information content (AvgIpc) is 2.35. The summed E-state index contributed by atoms with van der Waals surface area (Å²) >= 11 is 0. The summed E-state index contributed by atoms with van der Waals surface area (Å²) in [6.45, 7) is 6.63. The normalized spacial score (nSPS) is 11.6. The Morgan fingerprint density at radius 1 is 0.667 bits per heavy atom. The van der Waals surface area contributed by atoms with Crippen molar-refractivity contribution in [3.63, 3.8) is 0 Å². The number of fused-ring (bicyclic) bond motifs is 2. The zero-order valence-corrected chi connectivity index (χ0v) is 11.2. The molecular formula is C18H18. The van der Waals surface area contributed by atoms with Gasteiger partial charge in [-0.3, -0.25) is 0 Å². The van der Waals surface area contributed by atoms with Gasteiger partial charge in [0, 0.05) is 0 Å². The Bertz CT molecular complexity index is 721. The minimum absolute atomic E-state index is 0.586. The maximum Gasteiger partial charge on any atom is -0.0175 e. The molecule has 0 saturated carbocycles. The summed E-state index contributed by atoms with van der Waals surface area (Å²) < 4.78 is 0. The van der Waals surface area contributed by atoms with Gasteiger partial charge in [0.15, 0.2) is 0 Å². The summed E-state index contributed by atoms with van der Waals surface area (Å²) in [6, 6.07) is 18.0. The second-order valence-corrected chi connectivity index (χ2v) is 5.46. The number of rotatable bonds is 1. The number of hydrogen-bond acceptors (Lipinski definition) is 0. The fourth-order valence-corrected chi connectivity index (χ4v) is 2.49. The summed E-state index contributed by atoms with van der Waals surface area (Å²) in [6.07, 6.45) is 0. The van der Waals surface area contributed by atoms with Crippen molar-refractivity contribution < 1.29 is 0 Å². The van der Waals surface area contributed by atoms with Crippen LogP contribution in [0.2, 0.25) is 0 Å². The molecule has 0 heterocycles. The fraction of sp³-hybridized carbons (Fsp3) is 0.222. The molecule has 0 aromatic heterocycles. The lowest BCUT2D eigenvalue weighted by Crippen LogP contribution is -1.87. The van der Waals surface area contributed by atoms with Crippen LogP contribution in [0, 0.1) is 6.92 Å². The maximum absolute atomic E-state index is 2.32. The van der Waals surface area contributed by atoms with E-state index < -0.39 is 0 Å². The molecule has 0 nitrogen and oxygen atoms in total. The molecule has 3 rings (SSSR count). The molecule has 0 aliphatic heterocycles. The molecule has 0 fully saturated rings. The molecule has 0 amide bonds. The number of aryl methyl sites for hydroxylation is 1. The molecule has 0 N–H and O–H groups in total. The van der Waals surface area contributed by atoms with Crippen LogP contribution in [0.5, 0.6) is 0 Å². The molecule has 3 aromatic carbocycles. The van der Waals surface area contributed by atoms with E-state index >= 15 is 0 Å². The van der Waals surface area contributed by atoms with Crippen LogP contribution < -0.4 is 0 Å². The SMILES string of the molecule is Cc1ccc2cc3ccc(C(C)C)cc3cc2c1. The van der Waals surface area contributed by atoms with Crippen LogP contribution in [0.25, 0.3) is 21.5 Å². The predicted molar refractivity (Wildman–Crippen MR) is 80.3 cm³/mol. The third-order valence-corrected chi connectivity index (χ3v) is 3.64. The smallest absolute Gasteiger partial charge is 0.0175 e. The van der Waals surface area contributed by atoms with Gasteiger partial charge < -0.3 is 0 Å². The van der Waals surface area contributed by atoms with Gasteiger partial charge in [-0.05, 0) is 52.1 Å². The molecule has 3 aromatic rings. The van der Waals surface area contributed by atoms with Crippen molar-refractivity contribution in [2.24, 2.45) is 0 Å². The molecule has 18 heavy (non-hydrogen) atoms. The van der Waals surface area contributed by atoms with Crippen LogP contribution in [0.4, 0.5) is 0 Å². The van der Waals surface area contributed by atoms with Crippen molar-refractivity contribution in [3.05, 3.63) is 59.7 Å². The first kappa shape index (κ1) is 11.3. The van der Waals surface area contributed by atoms with Crippen molar-refractivity contribution in [3.8, 4) is 0 Å². The monoisotopic (exact) mass is 234 g/mol. The van der Waals surface area contributed by atoms with Gasteiger partial charge >= 0.3 is 0 Å². The molecule has 0 atom stereocenters. The van der Waals surface area contributed by atoms with Gasteiger partial charge in [-0.15, -0.1) is 0 Å². The molecule has 0 saturated heterocycles. The maximum atomic E-state index is 2.32. The van der Waals surface area contributed by atoms with Crippen molar-refractivity contribution in [1.82, 2.24) is 0 Å². The van der Waals surface area contributed by atoms with Gasteiger partial charge in [0.05, 0.1) is 0 Å². The van der Waals surface area contributed by atoms with Gasteiger partial charge in [-0.1, -0.05) is 55.8 Å². The lowest BCUT2D eigenvalue weighted by Gasteiger charge is -2.08. The third-order valence-electron chi connectivity index (χ3n) is 3.64. The second-order valence-electron chi connectivity index (χ2n) is 5.46. The highest BCUT2D eigenvalue weighted by Gasteiger charge is 2.02. The van der Waals surface area contributed by atoms with Gasteiger partial charge in [0.25, 0.3) is 0 Å². The topological polar surface area (TPSA) is 0 Å². The summed E-state index contributed by atoms with van der Waals surface area (Å²) in [5.41, 5.74) is 2.73. The predicted octanol–water partition coefficient (Wildman–Crippen LogP) is 5.42. The Balaban J connectivity index is 2.31. The molecule has 0 bridgehead atoms. The van der Waals surface area contributed by atoms with Crippen molar-refractivity contribution in [2.45, 2.75) is 26.7 Å². The van der Waals surface area contributed by atoms with Gasteiger partial charge in [0.1, 0.15) is 0 Å². The van der Waals surface area contributed by atoms with Crippen molar-refractivity contribution >= 4 is 21.5 Å². The summed E-state index contributed by atoms with van der Waals surface area (Å²) in [7, 11) is 0. The Morgan fingerprint density at radius 3 is 2.00 bits per heavy atom. The molecule has 0 unspecified atom stereocenters. The van der Waals surface area contributed by atoms with E-state index in [0.29, 0.717) is 5.92 Å². The zero-order valence-electron chi connectivity index (χ0n) is 11.2. The Morgan fingerprint density at radius 2 is 1.28 bits per heavy atom. The van der Waals surface area contributed by atoms with E-state index in [1.54, 1.807) is 0 Å². The highest BCUT2D eigenvalue weighted by Crippen LogP contribution is 2.26. The van der Waals surface area contributed by atoms with E-state index in [1.807, 2.05) is 0 Å². The van der Waals surface area contributed by atoms with E-state index in [-0.39, 0.29) is 0 Å². The van der Waals surface area contributed by atoms with Gasteiger partial charge in [0.2, 0.25) is 0 Å². The van der Waals surface area contributed by atoms with Crippen molar-refractivity contribution in [2.75, 3.05) is 0 Å². The molecular weight excluding hydrogens is 216 g/mol. The third kappa shape index (κ3) is 1.88. The van der Waals surface area contributed by atoms with E-state index in [2.05, 4.69) is 69.3 Å². The van der Waals surface area contributed by atoms with Crippen LogP contribution >= 0.6 is 0 Å². The number of benzene rings is 3. The van der Waals surface area contributed by atoms with Crippen LogP contribution in [-0.2, 0) is 0 Å². The summed E-state index contributed by atoms with van der Waals surface area (Å²) in [4.78, 5) is 0. The van der Waals surface area contributed by atoms with Crippen LogP contribution in [0.15, 0.2) is 48.5 Å². The Hall–Kier alpha value is -1.82. The van der Waals surface area contributed by atoms with Crippen molar-refractivity contribution in [1.29, 1.82) is 0 Å². The largest absolute Gasteiger partial charge is 0.0587 e. The van der Waals surface area contributed by atoms with E-state index in [1.165, 1.54) is 32.7 Å². The highest BCUT2D eigenvalue weighted by atomic mass is 14.1. The van der Waals surface area contributed by atoms with Crippen LogP contribution in [0.3, 0.4) is 0 Å². The molecule has 0 spiro atoms. The Labute approximate surface area is 108 Å². The van der Waals surface area contributed by atoms with Gasteiger partial charge in [-0.2, -0.15) is 0 Å². The van der Waals surface area contributed by atoms with Gasteiger partial charge in [-0.25, -0.2) is 0 Å². The molecule has 0 radical (unpaired) electrons. The minimum Gasteiger partial charge on any atom is -0.0587 e. The second kappa shape index (κ2) is 4.13. The van der Waals surface area contributed by atoms with E-state index in [4.69, 9.17) is 0 Å². The highest BCUT2D eigenvalue weighted by molar-refractivity contribution is 5.98. The van der Waals surface area contributed by atoms with E-state index in [9.17, 15) is 0 Å². The lowest BCUT2D eigenvalue weighted by atomic mass is 9.97. The minimum atomic E-state index is 0.586. The zero-order chi connectivity index (χ0) is 12.7. The standard InChI is InChI=1S/C18H18/c1-12(2)14-6-7-16-10-15-5-4-13(3)8-17(15)11-18(16)9-14/h4-12H,1-3H3. The summed E-state index contributed by atoms with van der Waals surface area (Å²) in [5, 5.41) is 5.34.